The number of hydrogen-bond acceptors (Lipinski definition) is 8. The molecule has 5 unspecified atom stereocenters. The molecule has 11 N–H and O–H groups in total. The number of nitrogens with two attached hydrogens (primary N) is 3. The monoisotopic (exact) mass is 692 g/mol. The van der Waals surface area contributed by atoms with Gasteiger partial charge in [0.1, 0.15) is 12.1 Å². The minimum Gasteiger partial charge on any atom is -0.370 e. The van der Waals surface area contributed by atoms with Crippen molar-refractivity contribution in [3.05, 3.63) is 47.8 Å². The molecule has 5 atom stereocenters. The van der Waals surface area contributed by atoms with E-state index in [9.17, 15) is 19.2 Å². The van der Waals surface area contributed by atoms with Crippen molar-refractivity contribution in [1.29, 1.82) is 0 Å². The van der Waals surface area contributed by atoms with Crippen LogP contribution in [0.2, 0.25) is 0 Å². The molecule has 1 aromatic carbocycles. The topological polar surface area (TPSA) is 222 Å². The summed E-state index contributed by atoms with van der Waals surface area (Å²) in [6, 6.07) is 5.97. The first-order valence-electron chi connectivity index (χ1n) is 15.9. The van der Waals surface area contributed by atoms with E-state index in [2.05, 4.69) is 31.0 Å². The lowest BCUT2D eigenvalue weighted by molar-refractivity contribution is -0.133. The SMILES string of the molecule is CC(=O)C(Cc1ccccc1)NC(=O)C(CCCCN)NC(=O)C(CC1=CNS(=S)N1C)NC(=O)C(CCCN=C(N)N)NC(C)C. The van der Waals surface area contributed by atoms with E-state index in [0.29, 0.717) is 51.6 Å². The lowest BCUT2D eigenvalue weighted by atomic mass is 10.0. The molecule has 0 bridgehead atoms. The molecule has 1 aliphatic rings. The number of rotatable bonds is 21. The highest BCUT2D eigenvalue weighted by Crippen LogP contribution is 2.17. The highest BCUT2D eigenvalue weighted by Gasteiger charge is 2.32. The Morgan fingerprint density at radius 3 is 2.06 bits per heavy atom. The van der Waals surface area contributed by atoms with E-state index in [1.54, 1.807) is 6.20 Å². The zero-order valence-electron chi connectivity index (χ0n) is 27.8. The Morgan fingerprint density at radius 1 is 0.894 bits per heavy atom. The highest BCUT2D eigenvalue weighted by atomic mass is 32.8. The second-order valence-electron chi connectivity index (χ2n) is 11.8. The molecule has 262 valence electrons. The molecule has 1 heterocycles. The Bertz CT molecular complexity index is 1270. The van der Waals surface area contributed by atoms with Crippen LogP contribution < -0.4 is 43.2 Å². The fraction of sp³-hybridized carbons (Fsp3) is 0.581. The fourth-order valence-electron chi connectivity index (χ4n) is 4.92. The van der Waals surface area contributed by atoms with Gasteiger partial charge in [0.25, 0.3) is 0 Å². The summed E-state index contributed by atoms with van der Waals surface area (Å²) in [4.78, 5) is 57.7. The number of hydrogen-bond donors (Lipinski definition) is 8. The Kier molecular flexibility index (Phi) is 17.3. The second-order valence-corrected chi connectivity index (χ2v) is 14.0. The average Bonchev–Trinajstić information content (AvgIpc) is 3.33. The molecule has 0 radical (unpaired) electrons. The van der Waals surface area contributed by atoms with Crippen LogP contribution in [0.5, 0.6) is 0 Å². The van der Waals surface area contributed by atoms with Crippen LogP contribution in [0.15, 0.2) is 47.2 Å². The Balaban J connectivity index is 2.29. The minimum absolute atomic E-state index is 0.0168. The van der Waals surface area contributed by atoms with Crippen LogP contribution in [0.25, 0.3) is 0 Å². The van der Waals surface area contributed by atoms with Crippen molar-refractivity contribution in [2.24, 2.45) is 22.2 Å². The maximum absolute atomic E-state index is 13.9. The lowest BCUT2D eigenvalue weighted by Gasteiger charge is -2.28. The average molecular weight is 693 g/mol. The van der Waals surface area contributed by atoms with Crippen LogP contribution in [-0.4, -0.2) is 84.1 Å². The molecule has 16 heteroatoms. The highest BCUT2D eigenvalue weighted by molar-refractivity contribution is 8.26. The number of nitrogens with one attached hydrogen (secondary N) is 5. The number of carbonyl (C=O) groups excluding carboxylic acids is 4. The Hall–Kier alpha value is -3.60. The van der Waals surface area contributed by atoms with Gasteiger partial charge < -0.3 is 47.5 Å². The smallest absolute Gasteiger partial charge is 0.243 e. The van der Waals surface area contributed by atoms with Crippen LogP contribution >= 0.6 is 0 Å². The van der Waals surface area contributed by atoms with Crippen LogP contribution in [0, 0.1) is 0 Å². The van der Waals surface area contributed by atoms with Crippen molar-refractivity contribution in [3.8, 4) is 0 Å². The number of carbonyl (C=O) groups is 4. The van der Waals surface area contributed by atoms with E-state index in [1.165, 1.54) is 6.92 Å². The molecule has 2 rings (SSSR count). The molecule has 1 aromatic rings. The number of Topliss-reactive ketones (excluding diaryl/α,β-unsaturated/α-hetero) is 1. The molecule has 47 heavy (non-hydrogen) atoms. The molecule has 0 aliphatic carbocycles. The van der Waals surface area contributed by atoms with E-state index in [-0.39, 0.29) is 30.1 Å². The van der Waals surface area contributed by atoms with Crippen LogP contribution in [0.1, 0.15) is 64.9 Å². The van der Waals surface area contributed by atoms with E-state index >= 15 is 0 Å². The van der Waals surface area contributed by atoms with Gasteiger partial charge in [0, 0.05) is 38.0 Å². The molecule has 0 aromatic heterocycles. The van der Waals surface area contributed by atoms with Crippen molar-refractivity contribution in [2.75, 3.05) is 20.1 Å². The van der Waals surface area contributed by atoms with Gasteiger partial charge in [-0.2, -0.15) is 0 Å². The van der Waals surface area contributed by atoms with Gasteiger partial charge in [0.05, 0.1) is 21.9 Å². The van der Waals surface area contributed by atoms with Crippen LogP contribution in [-0.2, 0) is 46.6 Å². The van der Waals surface area contributed by atoms with Gasteiger partial charge in [-0.15, -0.1) is 0 Å². The van der Waals surface area contributed by atoms with Crippen molar-refractivity contribution in [2.45, 2.75) is 95.9 Å². The number of amides is 3. The summed E-state index contributed by atoms with van der Waals surface area (Å²) in [6.07, 6.45) is 4.65. The standard InChI is InChI=1S/C31H52N10O4S2/c1-20(2)37-24(14-10-16-35-31(33)34)28(43)40-27(18-23-19-36-47(46)41(23)4)30(45)38-25(13-8-9-15-32)29(44)39-26(21(3)42)17-22-11-6-5-7-12-22/h5-7,11-12,19-20,24-27,36-37H,8-10,13-18,32H2,1-4H3,(H,38,45)(H,39,44)(H,40,43)(H4,33,34,35). The van der Waals surface area contributed by atoms with Gasteiger partial charge in [0.15, 0.2) is 11.7 Å². The molecular weight excluding hydrogens is 641 g/mol. The molecule has 1 aliphatic heterocycles. The van der Waals surface area contributed by atoms with Crippen LogP contribution in [0.4, 0.5) is 0 Å². The molecule has 0 saturated heterocycles. The van der Waals surface area contributed by atoms with Gasteiger partial charge >= 0.3 is 0 Å². The largest absolute Gasteiger partial charge is 0.370 e. The fourth-order valence-corrected chi connectivity index (χ4v) is 6.09. The molecule has 0 saturated carbocycles. The van der Waals surface area contributed by atoms with Gasteiger partial charge in [-0.05, 0) is 68.7 Å². The molecule has 0 spiro atoms. The molecular formula is C31H52N10O4S2. The summed E-state index contributed by atoms with van der Waals surface area (Å²) in [5.41, 5.74) is 18.2. The maximum atomic E-state index is 13.9. The first-order valence-corrected chi connectivity index (χ1v) is 18.0. The summed E-state index contributed by atoms with van der Waals surface area (Å²) >= 11 is 5.42. The summed E-state index contributed by atoms with van der Waals surface area (Å²) in [5.74, 6) is -1.63. The van der Waals surface area contributed by atoms with E-state index < -0.39 is 45.8 Å². The van der Waals surface area contributed by atoms with Crippen molar-refractivity contribution in [1.82, 2.24) is 30.3 Å². The minimum atomic E-state index is -1.03. The molecule has 3 amide bonds. The Morgan fingerprint density at radius 2 is 1.49 bits per heavy atom. The quantitative estimate of drug-likeness (QED) is 0.0466. The van der Waals surface area contributed by atoms with E-state index in [4.69, 9.17) is 28.4 Å². The van der Waals surface area contributed by atoms with Crippen molar-refractivity contribution >= 4 is 50.5 Å². The van der Waals surface area contributed by atoms with Gasteiger partial charge in [-0.3, -0.25) is 24.2 Å². The third kappa shape index (κ3) is 14.4. The number of aliphatic imine (C=N–C) groups is 1. The first kappa shape index (κ1) is 39.6. The normalized spacial score (nSPS) is 16.7. The first-order chi connectivity index (χ1) is 22.3. The third-order valence-corrected chi connectivity index (χ3v) is 9.50. The Labute approximate surface area is 285 Å². The molecule has 14 nitrogen and oxygen atoms in total. The van der Waals surface area contributed by atoms with E-state index in [0.717, 1.165) is 11.3 Å². The van der Waals surface area contributed by atoms with Gasteiger partial charge in [-0.25, -0.2) is 0 Å². The lowest BCUT2D eigenvalue weighted by Crippen LogP contribution is -2.58. The summed E-state index contributed by atoms with van der Waals surface area (Å²) in [7, 11) is 1.12. The zero-order chi connectivity index (χ0) is 34.9. The summed E-state index contributed by atoms with van der Waals surface area (Å²) < 4.78 is 4.89. The number of benzene rings is 1. The number of unbranched alkanes of at least 4 members (excludes halogenated alkanes) is 1. The summed E-state index contributed by atoms with van der Waals surface area (Å²) in [5, 5.41) is 11.9. The van der Waals surface area contributed by atoms with Crippen LogP contribution in [0.3, 0.4) is 0 Å². The maximum Gasteiger partial charge on any atom is 0.243 e. The predicted molar refractivity (Wildman–Crippen MR) is 190 cm³/mol. The number of ketones is 1. The van der Waals surface area contributed by atoms with Crippen molar-refractivity contribution in [3.63, 3.8) is 0 Å². The second kappa shape index (κ2) is 20.6. The summed E-state index contributed by atoms with van der Waals surface area (Å²) in [6.45, 7) is 6.05. The van der Waals surface area contributed by atoms with Crippen molar-refractivity contribution < 1.29 is 19.2 Å². The zero-order valence-corrected chi connectivity index (χ0v) is 29.4. The third-order valence-electron chi connectivity index (χ3n) is 7.49. The number of nitrogens with zero attached hydrogens (tertiary/aromatic N) is 2. The predicted octanol–water partition coefficient (Wildman–Crippen LogP) is -0.502. The van der Waals surface area contributed by atoms with E-state index in [1.807, 2.05) is 55.5 Å². The van der Waals surface area contributed by atoms with Gasteiger partial charge in [0.2, 0.25) is 17.7 Å². The van der Waals surface area contributed by atoms with Gasteiger partial charge in [-0.1, -0.05) is 44.2 Å². The molecule has 0 fully saturated rings. The number of guanidine groups is 1.